The molecule has 6 rings (SSSR count). The van der Waals surface area contributed by atoms with Crippen molar-refractivity contribution >= 4 is 16.6 Å². The number of hydrogen-bond acceptors (Lipinski definition) is 3. The van der Waals surface area contributed by atoms with Gasteiger partial charge in [-0.1, -0.05) is 85.8 Å². The van der Waals surface area contributed by atoms with Gasteiger partial charge in [0.05, 0.1) is 29.8 Å². The number of pyridine rings is 1. The maximum absolute atomic E-state index is 6.38. The topological polar surface area (TPSA) is 32.1 Å². The molecule has 3 heterocycles. The van der Waals surface area contributed by atoms with Crippen LogP contribution in [0, 0.1) is 0 Å². The van der Waals surface area contributed by atoms with Gasteiger partial charge in [-0.15, -0.1) is 6.58 Å². The minimum atomic E-state index is 0.521. The van der Waals surface area contributed by atoms with Gasteiger partial charge in [-0.3, -0.25) is 0 Å². The number of benzene rings is 3. The molecule has 0 spiro atoms. The Morgan fingerprint density at radius 1 is 0.732 bits per heavy atom. The van der Waals surface area contributed by atoms with E-state index < -0.39 is 0 Å². The standard InChI is InChI=1S/C37H35NO3/c1-3-5-22-39-26-30-23-34-35(41-25-28-14-10-7-11-15-28)21-20-33-32(4-2)36(37(30)38(33)34)29-16-18-31(19-17-29)40-24-27-12-8-6-9-13-27/h3,6-21,23H,1,4-5,22,24-26H2,2H3. The first-order chi connectivity index (χ1) is 20.3. The number of rotatable bonds is 13. The molecule has 0 amide bonds. The lowest BCUT2D eigenvalue weighted by atomic mass is 9.98. The third kappa shape index (κ3) is 5.57. The van der Waals surface area contributed by atoms with E-state index in [2.05, 4.69) is 84.6 Å². The zero-order valence-electron chi connectivity index (χ0n) is 23.5. The molecule has 0 fully saturated rings. The van der Waals surface area contributed by atoms with Gasteiger partial charge in [-0.05, 0) is 65.4 Å². The van der Waals surface area contributed by atoms with Crippen LogP contribution < -0.4 is 9.47 Å². The maximum atomic E-state index is 6.38. The molecule has 0 aliphatic carbocycles. The highest BCUT2D eigenvalue weighted by molar-refractivity contribution is 5.98. The number of aromatic nitrogens is 1. The fourth-order valence-electron chi connectivity index (χ4n) is 5.53. The van der Waals surface area contributed by atoms with Crippen molar-refractivity contribution in [1.29, 1.82) is 0 Å². The van der Waals surface area contributed by atoms with Crippen molar-refractivity contribution < 1.29 is 14.2 Å². The first-order valence-corrected chi connectivity index (χ1v) is 14.3. The Morgan fingerprint density at radius 2 is 1.41 bits per heavy atom. The fraction of sp³-hybridized carbons (Fsp3) is 0.189. The van der Waals surface area contributed by atoms with Crippen LogP contribution in [-0.2, 0) is 31.0 Å². The molecule has 6 aromatic rings. The average Bonchev–Trinajstić information content (AvgIpc) is 3.57. The van der Waals surface area contributed by atoms with Gasteiger partial charge >= 0.3 is 0 Å². The Hall–Kier alpha value is -4.54. The van der Waals surface area contributed by atoms with Crippen molar-refractivity contribution in [3.63, 3.8) is 0 Å². The van der Waals surface area contributed by atoms with Crippen LogP contribution in [0.4, 0.5) is 0 Å². The highest BCUT2D eigenvalue weighted by Crippen LogP contribution is 2.42. The summed E-state index contributed by atoms with van der Waals surface area (Å²) in [4.78, 5) is 0. The van der Waals surface area contributed by atoms with Crippen molar-refractivity contribution in [2.45, 2.75) is 39.6 Å². The molecule has 0 atom stereocenters. The van der Waals surface area contributed by atoms with Crippen LogP contribution in [0.5, 0.6) is 11.5 Å². The minimum absolute atomic E-state index is 0.521. The minimum Gasteiger partial charge on any atom is -0.489 e. The van der Waals surface area contributed by atoms with Crippen molar-refractivity contribution in [1.82, 2.24) is 4.40 Å². The van der Waals surface area contributed by atoms with E-state index in [1.165, 1.54) is 27.7 Å². The smallest absolute Gasteiger partial charge is 0.143 e. The summed E-state index contributed by atoms with van der Waals surface area (Å²) in [7, 11) is 0. The molecule has 206 valence electrons. The molecule has 0 saturated heterocycles. The molecule has 0 radical (unpaired) electrons. The Morgan fingerprint density at radius 3 is 2.07 bits per heavy atom. The van der Waals surface area contributed by atoms with Crippen molar-refractivity contribution in [2.75, 3.05) is 6.61 Å². The molecule has 41 heavy (non-hydrogen) atoms. The summed E-state index contributed by atoms with van der Waals surface area (Å²) in [6.07, 6.45) is 3.64. The van der Waals surface area contributed by atoms with Crippen molar-refractivity contribution in [3.05, 3.63) is 138 Å². The largest absolute Gasteiger partial charge is 0.489 e. The molecule has 0 saturated carbocycles. The van der Waals surface area contributed by atoms with Crippen LogP contribution in [0.1, 0.15) is 35.6 Å². The van der Waals surface area contributed by atoms with E-state index in [1.807, 2.05) is 42.5 Å². The summed E-state index contributed by atoms with van der Waals surface area (Å²) in [6, 6.07) is 35.6. The molecular formula is C37H35NO3. The third-order valence-electron chi connectivity index (χ3n) is 7.52. The second-order valence-corrected chi connectivity index (χ2v) is 10.2. The van der Waals surface area contributed by atoms with Crippen LogP contribution in [0.15, 0.2) is 116 Å². The van der Waals surface area contributed by atoms with Gasteiger partial charge in [0.15, 0.2) is 0 Å². The maximum Gasteiger partial charge on any atom is 0.143 e. The molecular weight excluding hydrogens is 506 g/mol. The molecule has 4 nitrogen and oxygen atoms in total. The van der Waals surface area contributed by atoms with E-state index >= 15 is 0 Å². The molecule has 3 aromatic heterocycles. The van der Waals surface area contributed by atoms with Crippen LogP contribution in [0.2, 0.25) is 0 Å². The molecule has 0 unspecified atom stereocenters. The summed E-state index contributed by atoms with van der Waals surface area (Å²) in [5.41, 5.74) is 10.7. The SMILES string of the molecule is C=CCCOCc1cc2c(OCc3ccccc3)ccc3c(CC)c(-c4ccc(OCc5ccccc5)cc4)c1n23. The first-order valence-electron chi connectivity index (χ1n) is 14.3. The third-order valence-corrected chi connectivity index (χ3v) is 7.52. The molecule has 3 aromatic carbocycles. The molecule has 0 bridgehead atoms. The van der Waals surface area contributed by atoms with E-state index in [-0.39, 0.29) is 0 Å². The van der Waals surface area contributed by atoms with Gasteiger partial charge in [-0.25, -0.2) is 0 Å². The summed E-state index contributed by atoms with van der Waals surface area (Å²) < 4.78 is 20.9. The molecule has 0 N–H and O–H groups in total. The lowest BCUT2D eigenvalue weighted by Gasteiger charge is -2.10. The summed E-state index contributed by atoms with van der Waals surface area (Å²) in [5.74, 6) is 1.73. The van der Waals surface area contributed by atoms with Crippen LogP contribution in [-0.4, -0.2) is 11.0 Å². The number of hydrogen-bond donors (Lipinski definition) is 0. The van der Waals surface area contributed by atoms with Crippen LogP contribution >= 0.6 is 0 Å². The predicted octanol–water partition coefficient (Wildman–Crippen LogP) is 9.01. The van der Waals surface area contributed by atoms with Crippen molar-refractivity contribution in [2.24, 2.45) is 0 Å². The highest BCUT2D eigenvalue weighted by atomic mass is 16.5. The Kier molecular flexibility index (Phi) is 8.01. The van der Waals surface area contributed by atoms with Crippen LogP contribution in [0.3, 0.4) is 0 Å². The van der Waals surface area contributed by atoms with Gasteiger partial charge < -0.3 is 18.6 Å². The lowest BCUT2D eigenvalue weighted by Crippen LogP contribution is -1.97. The van der Waals surface area contributed by atoms with Crippen LogP contribution in [0.25, 0.3) is 27.7 Å². The quantitative estimate of drug-likeness (QED) is 0.108. The normalized spacial score (nSPS) is 11.3. The summed E-state index contributed by atoms with van der Waals surface area (Å²) in [5, 5.41) is 0. The second-order valence-electron chi connectivity index (χ2n) is 10.2. The first kappa shape index (κ1) is 26.7. The van der Waals surface area contributed by atoms with Gasteiger partial charge in [0.1, 0.15) is 24.7 Å². The van der Waals surface area contributed by atoms with Gasteiger partial charge in [-0.2, -0.15) is 0 Å². The van der Waals surface area contributed by atoms with E-state index in [1.54, 1.807) is 0 Å². The molecule has 0 aliphatic rings. The predicted molar refractivity (Wildman–Crippen MR) is 167 cm³/mol. The lowest BCUT2D eigenvalue weighted by molar-refractivity contribution is 0.126. The monoisotopic (exact) mass is 541 g/mol. The second kappa shape index (κ2) is 12.3. The number of ether oxygens (including phenoxy) is 3. The zero-order chi connectivity index (χ0) is 28.0. The zero-order valence-corrected chi connectivity index (χ0v) is 23.5. The van der Waals surface area contributed by atoms with E-state index in [0.717, 1.165) is 46.5 Å². The summed E-state index contributed by atoms with van der Waals surface area (Å²) >= 11 is 0. The molecule has 4 heteroatoms. The molecule has 0 aliphatic heterocycles. The van der Waals surface area contributed by atoms with Gasteiger partial charge in [0.2, 0.25) is 0 Å². The van der Waals surface area contributed by atoms with Gasteiger partial charge in [0, 0.05) is 11.1 Å². The van der Waals surface area contributed by atoms with Crippen molar-refractivity contribution in [3.8, 4) is 22.6 Å². The Labute approximate surface area is 241 Å². The highest BCUT2D eigenvalue weighted by Gasteiger charge is 2.23. The van der Waals surface area contributed by atoms with E-state index in [0.29, 0.717) is 26.4 Å². The number of aryl methyl sites for hydroxylation is 1. The summed E-state index contributed by atoms with van der Waals surface area (Å²) in [6.45, 7) is 8.30. The number of nitrogens with zero attached hydrogens (tertiary/aromatic N) is 1. The fourth-order valence-corrected chi connectivity index (χ4v) is 5.53. The van der Waals surface area contributed by atoms with E-state index in [9.17, 15) is 0 Å². The Balaban J connectivity index is 1.38. The van der Waals surface area contributed by atoms with E-state index in [4.69, 9.17) is 14.2 Å². The Bertz CT molecular complexity index is 1720. The average molecular weight is 542 g/mol. The van der Waals surface area contributed by atoms with Gasteiger partial charge in [0.25, 0.3) is 0 Å².